The summed E-state index contributed by atoms with van der Waals surface area (Å²) >= 11 is 0. The third kappa shape index (κ3) is 4.89. The molecule has 0 saturated carbocycles. The van der Waals surface area contributed by atoms with E-state index in [0.717, 1.165) is 0 Å². The zero-order valence-electron chi connectivity index (χ0n) is 12.5. The highest BCUT2D eigenvalue weighted by molar-refractivity contribution is 7.89. The second-order valence-electron chi connectivity index (χ2n) is 4.47. The van der Waals surface area contributed by atoms with Gasteiger partial charge in [0.1, 0.15) is 0 Å². The minimum absolute atomic E-state index is 0.102. The standard InChI is InChI=1S/C14H21NO5S/c1-12(16)13-4-6-14(7-5-13)21(17,18)15(8-10-19-2)9-11-20-3/h4-7H,8-11H2,1-3H3. The molecule has 118 valence electrons. The number of benzene rings is 1. The Bertz CT molecular complexity index is 545. The number of ketones is 1. The molecule has 0 bridgehead atoms. The molecule has 0 aliphatic carbocycles. The molecule has 0 atom stereocenters. The molecule has 1 aromatic carbocycles. The van der Waals surface area contributed by atoms with E-state index in [4.69, 9.17) is 9.47 Å². The van der Waals surface area contributed by atoms with Gasteiger partial charge in [0.25, 0.3) is 0 Å². The SMILES string of the molecule is COCCN(CCOC)S(=O)(=O)c1ccc(C(C)=O)cc1. The lowest BCUT2D eigenvalue weighted by atomic mass is 10.2. The third-order valence-electron chi connectivity index (χ3n) is 2.99. The first-order valence-electron chi connectivity index (χ1n) is 6.52. The van der Waals surface area contributed by atoms with E-state index in [0.29, 0.717) is 18.8 Å². The highest BCUT2D eigenvalue weighted by atomic mass is 32.2. The maximum absolute atomic E-state index is 12.6. The van der Waals surface area contributed by atoms with E-state index < -0.39 is 10.0 Å². The van der Waals surface area contributed by atoms with Crippen LogP contribution in [0.25, 0.3) is 0 Å². The summed E-state index contributed by atoms with van der Waals surface area (Å²) in [4.78, 5) is 11.4. The fraction of sp³-hybridized carbons (Fsp3) is 0.500. The monoisotopic (exact) mass is 315 g/mol. The van der Waals surface area contributed by atoms with E-state index in [9.17, 15) is 13.2 Å². The fourth-order valence-corrected chi connectivity index (χ4v) is 3.16. The highest BCUT2D eigenvalue weighted by Gasteiger charge is 2.24. The summed E-state index contributed by atoms with van der Waals surface area (Å²) in [5.41, 5.74) is 0.481. The summed E-state index contributed by atoms with van der Waals surface area (Å²) in [6.07, 6.45) is 0. The van der Waals surface area contributed by atoms with Crippen molar-refractivity contribution in [2.45, 2.75) is 11.8 Å². The van der Waals surface area contributed by atoms with Crippen molar-refractivity contribution in [3.8, 4) is 0 Å². The van der Waals surface area contributed by atoms with Crippen LogP contribution >= 0.6 is 0 Å². The Morgan fingerprint density at radius 3 is 1.90 bits per heavy atom. The molecule has 6 nitrogen and oxygen atoms in total. The normalized spacial score (nSPS) is 11.8. The van der Waals surface area contributed by atoms with Crippen LogP contribution in [0.5, 0.6) is 0 Å². The van der Waals surface area contributed by atoms with Gasteiger partial charge in [-0.3, -0.25) is 4.79 Å². The van der Waals surface area contributed by atoms with Gasteiger partial charge >= 0.3 is 0 Å². The smallest absolute Gasteiger partial charge is 0.243 e. The van der Waals surface area contributed by atoms with Crippen LogP contribution in [0.15, 0.2) is 29.2 Å². The van der Waals surface area contributed by atoms with Crippen LogP contribution in [-0.2, 0) is 19.5 Å². The lowest BCUT2D eigenvalue weighted by molar-refractivity contribution is 0.101. The highest BCUT2D eigenvalue weighted by Crippen LogP contribution is 2.16. The first-order chi connectivity index (χ1) is 9.93. The van der Waals surface area contributed by atoms with E-state index in [1.165, 1.54) is 49.7 Å². The number of hydrogen-bond donors (Lipinski definition) is 0. The molecule has 0 unspecified atom stereocenters. The Morgan fingerprint density at radius 1 is 1.05 bits per heavy atom. The molecule has 1 rings (SSSR count). The van der Waals surface area contributed by atoms with Crippen molar-refractivity contribution in [2.75, 3.05) is 40.5 Å². The number of Topliss-reactive ketones (excluding diaryl/α,β-unsaturated/α-hetero) is 1. The third-order valence-corrected chi connectivity index (χ3v) is 4.90. The summed E-state index contributed by atoms with van der Waals surface area (Å²) in [5, 5.41) is 0. The van der Waals surface area contributed by atoms with Gasteiger partial charge < -0.3 is 9.47 Å². The van der Waals surface area contributed by atoms with Crippen molar-refractivity contribution >= 4 is 15.8 Å². The van der Waals surface area contributed by atoms with Crippen LogP contribution in [0.3, 0.4) is 0 Å². The number of nitrogens with zero attached hydrogens (tertiary/aromatic N) is 1. The molecule has 1 aromatic rings. The molecule has 21 heavy (non-hydrogen) atoms. The molecule has 0 aromatic heterocycles. The first kappa shape index (κ1) is 17.8. The van der Waals surface area contributed by atoms with Gasteiger partial charge in [-0.2, -0.15) is 4.31 Å². The van der Waals surface area contributed by atoms with Gasteiger partial charge in [0.15, 0.2) is 5.78 Å². The van der Waals surface area contributed by atoms with E-state index in [1.807, 2.05) is 0 Å². The number of carbonyl (C=O) groups is 1. The maximum atomic E-state index is 12.6. The van der Waals surface area contributed by atoms with Crippen molar-refractivity contribution in [1.82, 2.24) is 4.31 Å². The predicted octanol–water partition coefficient (Wildman–Crippen LogP) is 1.17. The molecular formula is C14H21NO5S. The average molecular weight is 315 g/mol. The number of carbonyl (C=O) groups excluding carboxylic acids is 1. The van der Waals surface area contributed by atoms with Crippen LogP contribution in [0.4, 0.5) is 0 Å². The number of methoxy groups -OCH3 is 2. The summed E-state index contributed by atoms with van der Waals surface area (Å²) in [5.74, 6) is -0.102. The van der Waals surface area contributed by atoms with Crippen molar-refractivity contribution in [1.29, 1.82) is 0 Å². The van der Waals surface area contributed by atoms with Crippen molar-refractivity contribution in [2.24, 2.45) is 0 Å². The molecule has 7 heteroatoms. The number of hydrogen-bond acceptors (Lipinski definition) is 5. The number of sulfonamides is 1. The molecule has 0 radical (unpaired) electrons. The van der Waals surface area contributed by atoms with Crippen LogP contribution in [-0.4, -0.2) is 59.0 Å². The molecule has 0 saturated heterocycles. The van der Waals surface area contributed by atoms with Crippen molar-refractivity contribution in [3.05, 3.63) is 29.8 Å². The van der Waals surface area contributed by atoms with Crippen LogP contribution in [0.1, 0.15) is 17.3 Å². The van der Waals surface area contributed by atoms with Gasteiger partial charge in [0.2, 0.25) is 10.0 Å². The lowest BCUT2D eigenvalue weighted by Crippen LogP contribution is -2.36. The minimum Gasteiger partial charge on any atom is -0.383 e. The van der Waals surface area contributed by atoms with Gasteiger partial charge in [-0.1, -0.05) is 12.1 Å². The molecule has 0 aliphatic heterocycles. The van der Waals surface area contributed by atoms with E-state index in [2.05, 4.69) is 0 Å². The molecule has 0 N–H and O–H groups in total. The van der Waals surface area contributed by atoms with Crippen molar-refractivity contribution < 1.29 is 22.7 Å². The summed E-state index contributed by atoms with van der Waals surface area (Å²) in [7, 11) is -0.593. The van der Waals surface area contributed by atoms with E-state index >= 15 is 0 Å². The second kappa shape index (κ2) is 8.23. The summed E-state index contributed by atoms with van der Waals surface area (Å²) in [6.45, 7) is 2.53. The van der Waals surface area contributed by atoms with Crippen LogP contribution in [0.2, 0.25) is 0 Å². The Labute approximate surface area is 125 Å². The summed E-state index contributed by atoms with van der Waals surface area (Å²) < 4.78 is 36.3. The zero-order valence-corrected chi connectivity index (χ0v) is 13.4. The van der Waals surface area contributed by atoms with Gasteiger partial charge in [-0.05, 0) is 19.1 Å². The molecule has 0 fully saturated rings. The fourth-order valence-electron chi connectivity index (χ4n) is 1.75. The molecule has 0 amide bonds. The Balaban J connectivity index is 3.00. The van der Waals surface area contributed by atoms with Gasteiger partial charge in [0.05, 0.1) is 18.1 Å². The lowest BCUT2D eigenvalue weighted by Gasteiger charge is -2.21. The quantitative estimate of drug-likeness (QED) is 0.640. The van der Waals surface area contributed by atoms with Crippen molar-refractivity contribution in [3.63, 3.8) is 0 Å². The average Bonchev–Trinajstić information content (AvgIpc) is 2.47. The number of rotatable bonds is 9. The first-order valence-corrected chi connectivity index (χ1v) is 7.96. The molecule has 0 aliphatic rings. The predicted molar refractivity (Wildman–Crippen MR) is 79.0 cm³/mol. The Hall–Kier alpha value is -1.28. The van der Waals surface area contributed by atoms with Gasteiger partial charge in [-0.25, -0.2) is 8.42 Å². The van der Waals surface area contributed by atoms with Gasteiger partial charge in [-0.15, -0.1) is 0 Å². The number of ether oxygens (including phenoxy) is 2. The Kier molecular flexibility index (Phi) is 6.97. The van der Waals surface area contributed by atoms with Crippen LogP contribution in [0, 0.1) is 0 Å². The largest absolute Gasteiger partial charge is 0.383 e. The van der Waals surface area contributed by atoms with Gasteiger partial charge in [0, 0.05) is 32.9 Å². The van der Waals surface area contributed by atoms with E-state index in [-0.39, 0.29) is 23.8 Å². The van der Waals surface area contributed by atoms with Crippen LogP contribution < -0.4 is 0 Å². The molecular weight excluding hydrogens is 294 g/mol. The van der Waals surface area contributed by atoms with E-state index in [1.54, 1.807) is 0 Å². The molecule has 0 spiro atoms. The zero-order chi connectivity index (χ0) is 15.9. The Morgan fingerprint density at radius 2 is 1.52 bits per heavy atom. The maximum Gasteiger partial charge on any atom is 0.243 e. The minimum atomic E-state index is -3.63. The second-order valence-corrected chi connectivity index (χ2v) is 6.41. The molecule has 0 heterocycles. The summed E-state index contributed by atoms with van der Waals surface area (Å²) in [6, 6.07) is 5.91. The topological polar surface area (TPSA) is 72.9 Å².